The van der Waals surface area contributed by atoms with Gasteiger partial charge in [0.25, 0.3) is 0 Å². The summed E-state index contributed by atoms with van der Waals surface area (Å²) in [5.74, 6) is -0.983. The maximum atomic E-state index is 13.1. The summed E-state index contributed by atoms with van der Waals surface area (Å²) < 4.78 is 26.3. The molecule has 0 radical (unpaired) electrons. The molecule has 5 heteroatoms. The fourth-order valence-electron chi connectivity index (χ4n) is 2.78. The molecule has 0 amide bonds. The fraction of sp³-hybridized carbons (Fsp3) is 0.571. The van der Waals surface area contributed by atoms with E-state index in [1.54, 1.807) is 0 Å². The minimum absolute atomic E-state index is 0.492. The minimum atomic E-state index is -0.492. The summed E-state index contributed by atoms with van der Waals surface area (Å²) in [5.41, 5.74) is 0.719. The first kappa shape index (κ1) is 13.0. The van der Waals surface area contributed by atoms with Gasteiger partial charge in [-0.25, -0.2) is 8.78 Å². The van der Waals surface area contributed by atoms with Crippen LogP contribution in [0.4, 0.5) is 8.78 Å². The lowest BCUT2D eigenvalue weighted by Gasteiger charge is -2.43. The zero-order valence-electron chi connectivity index (χ0n) is 10.9. The predicted octanol–water partition coefficient (Wildman–Crippen LogP) is 1.05. The quantitative estimate of drug-likeness (QED) is 0.883. The van der Waals surface area contributed by atoms with Gasteiger partial charge in [0, 0.05) is 57.9 Å². The zero-order valence-corrected chi connectivity index (χ0v) is 10.9. The first-order valence-corrected chi connectivity index (χ1v) is 6.83. The molecule has 3 nitrogen and oxygen atoms in total. The Morgan fingerprint density at radius 3 is 2.16 bits per heavy atom. The van der Waals surface area contributed by atoms with Crippen LogP contribution in [0.15, 0.2) is 18.2 Å². The second-order valence-electron chi connectivity index (χ2n) is 5.40. The van der Waals surface area contributed by atoms with Crippen LogP contribution >= 0.6 is 0 Å². The molecule has 0 spiro atoms. The van der Waals surface area contributed by atoms with Crippen molar-refractivity contribution in [2.24, 2.45) is 0 Å². The lowest BCUT2D eigenvalue weighted by Crippen LogP contribution is -2.61. The number of piperazine rings is 1. The number of nitrogens with zero attached hydrogens (tertiary/aromatic N) is 2. The molecule has 2 saturated heterocycles. The van der Waals surface area contributed by atoms with Crippen LogP contribution in [0, 0.1) is 11.6 Å². The van der Waals surface area contributed by atoms with Gasteiger partial charge >= 0.3 is 0 Å². The number of hydrogen-bond acceptors (Lipinski definition) is 3. The number of rotatable bonds is 3. The fourth-order valence-corrected chi connectivity index (χ4v) is 2.78. The monoisotopic (exact) mass is 267 g/mol. The molecule has 19 heavy (non-hydrogen) atoms. The Kier molecular flexibility index (Phi) is 3.77. The van der Waals surface area contributed by atoms with Crippen LogP contribution in [0.25, 0.3) is 0 Å². The van der Waals surface area contributed by atoms with Gasteiger partial charge in [-0.15, -0.1) is 0 Å². The second-order valence-corrected chi connectivity index (χ2v) is 5.40. The number of halogens is 2. The van der Waals surface area contributed by atoms with E-state index in [4.69, 9.17) is 0 Å². The Labute approximate surface area is 112 Å². The van der Waals surface area contributed by atoms with Gasteiger partial charge in [-0.05, 0) is 17.7 Å². The van der Waals surface area contributed by atoms with Crippen LogP contribution in [-0.4, -0.2) is 55.1 Å². The first-order valence-electron chi connectivity index (χ1n) is 6.83. The summed E-state index contributed by atoms with van der Waals surface area (Å²) in [4.78, 5) is 4.76. The third kappa shape index (κ3) is 3.11. The molecular weight excluding hydrogens is 248 g/mol. The molecular formula is C14H19F2N3. The summed E-state index contributed by atoms with van der Waals surface area (Å²) in [6.45, 7) is 6.84. The lowest BCUT2D eigenvalue weighted by molar-refractivity contribution is 0.0695. The van der Waals surface area contributed by atoms with Crippen molar-refractivity contribution in [3.8, 4) is 0 Å². The van der Waals surface area contributed by atoms with E-state index in [9.17, 15) is 8.78 Å². The number of hydrogen-bond donors (Lipinski definition) is 1. The van der Waals surface area contributed by atoms with Crippen molar-refractivity contribution in [2.75, 3.05) is 39.3 Å². The van der Waals surface area contributed by atoms with E-state index in [2.05, 4.69) is 15.1 Å². The Morgan fingerprint density at radius 2 is 1.63 bits per heavy atom. The van der Waals surface area contributed by atoms with Crippen LogP contribution < -0.4 is 5.32 Å². The third-order valence-corrected chi connectivity index (χ3v) is 4.01. The van der Waals surface area contributed by atoms with Crippen molar-refractivity contribution in [1.82, 2.24) is 15.1 Å². The van der Waals surface area contributed by atoms with Crippen molar-refractivity contribution < 1.29 is 8.78 Å². The van der Waals surface area contributed by atoms with Gasteiger partial charge in [0.05, 0.1) is 0 Å². The van der Waals surface area contributed by atoms with Gasteiger partial charge in [0.2, 0.25) is 0 Å². The van der Waals surface area contributed by atoms with Gasteiger partial charge in [-0.2, -0.15) is 0 Å². The van der Waals surface area contributed by atoms with Gasteiger partial charge in [0.1, 0.15) is 11.6 Å². The summed E-state index contributed by atoms with van der Waals surface area (Å²) in [6.07, 6.45) is 0. The van der Waals surface area contributed by atoms with Crippen molar-refractivity contribution in [3.63, 3.8) is 0 Å². The van der Waals surface area contributed by atoms with Crippen LogP contribution in [0.1, 0.15) is 5.56 Å². The molecule has 104 valence electrons. The highest BCUT2D eigenvalue weighted by molar-refractivity contribution is 5.17. The van der Waals surface area contributed by atoms with Gasteiger partial charge in [-0.3, -0.25) is 9.80 Å². The maximum absolute atomic E-state index is 13.1. The average Bonchev–Trinajstić information content (AvgIpc) is 2.28. The van der Waals surface area contributed by atoms with E-state index in [-0.39, 0.29) is 0 Å². The highest BCUT2D eigenvalue weighted by Crippen LogP contribution is 2.14. The molecule has 2 fully saturated rings. The molecule has 0 saturated carbocycles. The van der Waals surface area contributed by atoms with Crippen molar-refractivity contribution in [2.45, 2.75) is 12.6 Å². The summed E-state index contributed by atoms with van der Waals surface area (Å²) >= 11 is 0. The Balaban J connectivity index is 1.53. The second kappa shape index (κ2) is 5.53. The normalized spacial score (nSPS) is 22.4. The first-order chi connectivity index (χ1) is 9.20. The molecule has 0 atom stereocenters. The topological polar surface area (TPSA) is 18.5 Å². The molecule has 0 unspecified atom stereocenters. The van der Waals surface area contributed by atoms with E-state index in [0.717, 1.165) is 50.9 Å². The molecule has 1 N–H and O–H groups in total. The Bertz CT molecular complexity index is 420. The number of nitrogens with one attached hydrogen (secondary N) is 1. The van der Waals surface area contributed by atoms with E-state index in [1.165, 1.54) is 12.1 Å². The molecule has 1 aromatic rings. The molecule has 0 aromatic heterocycles. The van der Waals surface area contributed by atoms with Crippen LogP contribution in [-0.2, 0) is 6.54 Å². The van der Waals surface area contributed by atoms with Gasteiger partial charge < -0.3 is 5.32 Å². The van der Waals surface area contributed by atoms with Crippen molar-refractivity contribution in [1.29, 1.82) is 0 Å². The summed E-state index contributed by atoms with van der Waals surface area (Å²) in [5, 5.41) is 3.28. The number of benzene rings is 1. The summed E-state index contributed by atoms with van der Waals surface area (Å²) in [6, 6.07) is 4.45. The van der Waals surface area contributed by atoms with E-state index < -0.39 is 11.6 Å². The van der Waals surface area contributed by atoms with Crippen LogP contribution in [0.5, 0.6) is 0 Å². The van der Waals surface area contributed by atoms with Gasteiger partial charge in [0.15, 0.2) is 0 Å². The summed E-state index contributed by atoms with van der Waals surface area (Å²) in [7, 11) is 0. The lowest BCUT2D eigenvalue weighted by atomic mass is 10.1. The predicted molar refractivity (Wildman–Crippen MR) is 69.9 cm³/mol. The molecule has 0 bridgehead atoms. The average molecular weight is 267 g/mol. The van der Waals surface area contributed by atoms with Crippen LogP contribution in [0.2, 0.25) is 0 Å². The van der Waals surface area contributed by atoms with E-state index in [0.29, 0.717) is 12.6 Å². The largest absolute Gasteiger partial charge is 0.314 e. The Morgan fingerprint density at radius 1 is 1.00 bits per heavy atom. The van der Waals surface area contributed by atoms with E-state index in [1.807, 2.05) is 0 Å². The van der Waals surface area contributed by atoms with E-state index >= 15 is 0 Å². The molecule has 2 heterocycles. The standard InChI is InChI=1S/C14H19F2N3/c15-12-5-11(6-13(16)7-12)10-18-1-3-19(4-2-18)14-8-17-9-14/h5-7,14,17H,1-4,8-10H2. The SMILES string of the molecule is Fc1cc(F)cc(CN2CCN(C3CNC3)CC2)c1. The molecule has 2 aliphatic rings. The molecule has 0 aliphatic carbocycles. The van der Waals surface area contributed by atoms with Crippen LogP contribution in [0.3, 0.4) is 0 Å². The Hall–Kier alpha value is -1.04. The highest BCUT2D eigenvalue weighted by Gasteiger charge is 2.27. The van der Waals surface area contributed by atoms with Crippen molar-refractivity contribution in [3.05, 3.63) is 35.4 Å². The highest BCUT2D eigenvalue weighted by atomic mass is 19.1. The smallest absolute Gasteiger partial charge is 0.126 e. The van der Waals surface area contributed by atoms with Crippen molar-refractivity contribution >= 4 is 0 Å². The van der Waals surface area contributed by atoms with Gasteiger partial charge in [-0.1, -0.05) is 0 Å². The third-order valence-electron chi connectivity index (χ3n) is 4.01. The zero-order chi connectivity index (χ0) is 13.2. The molecule has 3 rings (SSSR count). The maximum Gasteiger partial charge on any atom is 0.126 e. The molecule has 1 aromatic carbocycles. The molecule has 2 aliphatic heterocycles. The minimum Gasteiger partial charge on any atom is -0.314 e.